The molecule has 6 rings (SSSR count). The maximum Gasteiger partial charge on any atom is 0.258 e. The van der Waals surface area contributed by atoms with Crippen molar-refractivity contribution >= 4 is 34.1 Å². The molecule has 0 radical (unpaired) electrons. The summed E-state index contributed by atoms with van der Waals surface area (Å²) in [7, 11) is 0. The minimum atomic E-state index is -0.339. The van der Waals surface area contributed by atoms with Crippen LogP contribution in [0.5, 0.6) is 0 Å². The summed E-state index contributed by atoms with van der Waals surface area (Å²) in [5, 5.41) is 7.84. The van der Waals surface area contributed by atoms with E-state index in [1.54, 1.807) is 0 Å². The lowest BCUT2D eigenvalue weighted by Gasteiger charge is -2.22. The second kappa shape index (κ2) is 10.3. The number of hydrogen-bond donors (Lipinski definition) is 1. The van der Waals surface area contributed by atoms with Gasteiger partial charge in [0.25, 0.3) is 5.56 Å². The fourth-order valence-corrected chi connectivity index (χ4v) is 5.21. The van der Waals surface area contributed by atoms with Crippen LogP contribution in [0.15, 0.2) is 99.8 Å². The van der Waals surface area contributed by atoms with E-state index in [4.69, 9.17) is 21.1 Å². The molecule has 1 amide bonds. The molecule has 1 atom stereocenters. The lowest BCUT2D eigenvalue weighted by Crippen LogP contribution is -2.27. The van der Waals surface area contributed by atoms with Gasteiger partial charge >= 0.3 is 0 Å². The normalized spacial score (nSPS) is 15.1. The van der Waals surface area contributed by atoms with Crippen LogP contribution in [-0.4, -0.2) is 26.6 Å². The topological polar surface area (TPSA) is 91.6 Å². The van der Waals surface area contributed by atoms with Crippen LogP contribution in [0.25, 0.3) is 22.0 Å². The summed E-state index contributed by atoms with van der Waals surface area (Å²) in [4.78, 5) is 34.3. The van der Waals surface area contributed by atoms with Gasteiger partial charge in [0, 0.05) is 40.8 Å². The van der Waals surface area contributed by atoms with Crippen LogP contribution in [0, 0.1) is 6.92 Å². The summed E-state index contributed by atoms with van der Waals surface area (Å²) in [5.41, 5.74) is 5.90. The van der Waals surface area contributed by atoms with Crippen molar-refractivity contribution in [2.45, 2.75) is 32.2 Å². The first kappa shape index (κ1) is 24.8. The highest BCUT2D eigenvalue weighted by Crippen LogP contribution is 2.37. The number of pyridine rings is 1. The van der Waals surface area contributed by atoms with Crippen molar-refractivity contribution in [3.8, 4) is 11.1 Å². The smallest absolute Gasteiger partial charge is 0.258 e. The van der Waals surface area contributed by atoms with Gasteiger partial charge in [-0.3, -0.25) is 9.59 Å². The quantitative estimate of drug-likeness (QED) is 0.270. The third kappa shape index (κ3) is 4.89. The molecule has 1 N–H and O–H groups in total. The van der Waals surface area contributed by atoms with Gasteiger partial charge in [-0.25, -0.2) is 9.99 Å². The third-order valence-electron chi connectivity index (χ3n) is 7.05. The molecular formula is C31H25ClN4O3. The number of aromatic amines is 1. The summed E-state index contributed by atoms with van der Waals surface area (Å²) >= 11 is 6.19. The Bertz CT molecular complexity index is 1740. The van der Waals surface area contributed by atoms with Crippen molar-refractivity contribution in [2.75, 3.05) is 0 Å². The largest absolute Gasteiger partial charge is 0.451 e. The lowest BCUT2D eigenvalue weighted by molar-refractivity contribution is -0.133. The zero-order valence-electron chi connectivity index (χ0n) is 21.2. The first-order chi connectivity index (χ1) is 19.0. The highest BCUT2D eigenvalue weighted by atomic mass is 35.5. The number of amides is 1. The van der Waals surface area contributed by atoms with Crippen molar-refractivity contribution in [3.63, 3.8) is 0 Å². The number of H-pyrrole nitrogens is 1. The van der Waals surface area contributed by atoms with E-state index in [2.05, 4.69) is 9.97 Å². The molecule has 5 aromatic rings. The van der Waals surface area contributed by atoms with E-state index in [-0.39, 0.29) is 23.9 Å². The first-order valence-electron chi connectivity index (χ1n) is 12.7. The average Bonchev–Trinajstić information content (AvgIpc) is 3.63. The van der Waals surface area contributed by atoms with Gasteiger partial charge in [0.05, 0.1) is 23.0 Å². The molecule has 1 aliphatic heterocycles. The Morgan fingerprint density at radius 2 is 1.82 bits per heavy atom. The van der Waals surface area contributed by atoms with Gasteiger partial charge in [0.15, 0.2) is 6.39 Å². The molecule has 3 aromatic carbocycles. The lowest BCUT2D eigenvalue weighted by atomic mass is 9.91. The van der Waals surface area contributed by atoms with E-state index in [0.29, 0.717) is 34.8 Å². The van der Waals surface area contributed by atoms with Gasteiger partial charge in [0.2, 0.25) is 5.91 Å². The van der Waals surface area contributed by atoms with Gasteiger partial charge in [-0.15, -0.1) is 0 Å². The second-order valence-electron chi connectivity index (χ2n) is 9.65. The van der Waals surface area contributed by atoms with Crippen LogP contribution in [0.3, 0.4) is 0 Å². The molecule has 1 unspecified atom stereocenters. The van der Waals surface area contributed by atoms with Gasteiger partial charge in [-0.1, -0.05) is 71.8 Å². The number of carbonyl (C=O) groups excluding carboxylic acids is 1. The van der Waals surface area contributed by atoms with E-state index in [1.165, 1.54) is 17.7 Å². The first-order valence-corrected chi connectivity index (χ1v) is 13.1. The molecule has 0 spiro atoms. The number of benzene rings is 3. The maximum atomic E-state index is 13.6. The number of hydrazone groups is 1. The standard InChI is InChI=1S/C31H25ClN4O3/c1-19-6-8-20(9-7-19)27-16-26(35-36(27)28(37)15-14-23-17-39-18-33-23)30-29(21-10-12-22(32)13-11-21)24-4-2-3-5-25(24)34-31(30)38/h2-13,17-18,27H,14-16H2,1H3,(H,34,38). The molecule has 0 aliphatic carbocycles. The number of oxazole rings is 1. The molecule has 0 saturated heterocycles. The number of para-hydroxylation sites is 1. The molecule has 0 saturated carbocycles. The number of carbonyl (C=O) groups is 1. The minimum absolute atomic E-state index is 0.149. The molecule has 3 heterocycles. The minimum Gasteiger partial charge on any atom is -0.451 e. The third-order valence-corrected chi connectivity index (χ3v) is 7.30. The van der Waals surface area contributed by atoms with Crippen LogP contribution in [-0.2, 0) is 11.2 Å². The Kier molecular flexibility index (Phi) is 6.59. The molecule has 7 nitrogen and oxygen atoms in total. The molecule has 194 valence electrons. The summed E-state index contributed by atoms with van der Waals surface area (Å²) in [5.74, 6) is -0.149. The number of rotatable bonds is 6. The fourth-order valence-electron chi connectivity index (χ4n) is 5.08. The predicted octanol–water partition coefficient (Wildman–Crippen LogP) is 6.46. The monoisotopic (exact) mass is 536 g/mol. The van der Waals surface area contributed by atoms with Crippen LogP contribution >= 0.6 is 11.6 Å². The molecule has 1 aliphatic rings. The van der Waals surface area contributed by atoms with Crippen molar-refractivity contribution in [2.24, 2.45) is 5.10 Å². The molecule has 2 aromatic heterocycles. The summed E-state index contributed by atoms with van der Waals surface area (Å²) in [6, 6.07) is 22.8. The molecule has 0 bridgehead atoms. The molecule has 8 heteroatoms. The number of nitrogens with one attached hydrogen (secondary N) is 1. The predicted molar refractivity (Wildman–Crippen MR) is 152 cm³/mol. The number of nitrogens with zero attached hydrogens (tertiary/aromatic N) is 3. The highest BCUT2D eigenvalue weighted by molar-refractivity contribution is 6.30. The van der Waals surface area contributed by atoms with E-state index in [9.17, 15) is 9.59 Å². The Labute approximate surface area is 229 Å². The number of aryl methyl sites for hydroxylation is 2. The van der Waals surface area contributed by atoms with Gasteiger partial charge < -0.3 is 9.40 Å². The van der Waals surface area contributed by atoms with E-state index in [0.717, 1.165) is 33.2 Å². The fraction of sp³-hybridized carbons (Fsp3) is 0.161. The van der Waals surface area contributed by atoms with Gasteiger partial charge in [-0.2, -0.15) is 5.10 Å². The Balaban J connectivity index is 1.48. The zero-order chi connectivity index (χ0) is 26.9. The van der Waals surface area contributed by atoms with Gasteiger partial charge in [-0.05, 0) is 36.2 Å². The van der Waals surface area contributed by atoms with Crippen LogP contribution in [0.1, 0.15) is 41.3 Å². The Morgan fingerprint density at radius 3 is 2.56 bits per heavy atom. The molecule has 39 heavy (non-hydrogen) atoms. The van der Waals surface area contributed by atoms with E-state index < -0.39 is 0 Å². The van der Waals surface area contributed by atoms with Crippen molar-refractivity contribution < 1.29 is 9.21 Å². The summed E-state index contributed by atoms with van der Waals surface area (Å²) < 4.78 is 5.05. The summed E-state index contributed by atoms with van der Waals surface area (Å²) in [6.07, 6.45) is 3.94. The number of halogens is 1. The Hall–Kier alpha value is -4.49. The number of hydrogen-bond acceptors (Lipinski definition) is 5. The maximum absolute atomic E-state index is 13.6. The van der Waals surface area contributed by atoms with Crippen LogP contribution in [0.4, 0.5) is 0 Å². The average molecular weight is 537 g/mol. The van der Waals surface area contributed by atoms with E-state index >= 15 is 0 Å². The van der Waals surface area contributed by atoms with Crippen molar-refractivity contribution in [3.05, 3.63) is 123 Å². The highest BCUT2D eigenvalue weighted by Gasteiger charge is 2.35. The molecular weight excluding hydrogens is 512 g/mol. The SMILES string of the molecule is Cc1ccc(C2CC(c3c(-c4ccc(Cl)cc4)c4ccccc4[nH]c3=O)=NN2C(=O)CCc2cocn2)cc1. The van der Waals surface area contributed by atoms with Crippen molar-refractivity contribution in [1.82, 2.24) is 15.0 Å². The summed E-state index contributed by atoms with van der Waals surface area (Å²) in [6.45, 7) is 2.02. The number of aromatic nitrogens is 2. The van der Waals surface area contributed by atoms with Crippen LogP contribution in [0.2, 0.25) is 5.02 Å². The van der Waals surface area contributed by atoms with E-state index in [1.807, 2.05) is 79.7 Å². The van der Waals surface area contributed by atoms with Gasteiger partial charge in [0.1, 0.15) is 6.26 Å². The van der Waals surface area contributed by atoms with Crippen LogP contribution < -0.4 is 5.56 Å². The van der Waals surface area contributed by atoms with Crippen molar-refractivity contribution in [1.29, 1.82) is 0 Å². The molecule has 0 fully saturated rings. The number of fused-ring (bicyclic) bond motifs is 1. The Morgan fingerprint density at radius 1 is 1.05 bits per heavy atom. The second-order valence-corrected chi connectivity index (χ2v) is 10.1. The zero-order valence-corrected chi connectivity index (χ0v) is 22.0.